The van der Waals surface area contributed by atoms with Gasteiger partial charge < -0.3 is 5.11 Å². The van der Waals surface area contributed by atoms with Gasteiger partial charge in [-0.3, -0.25) is 0 Å². The van der Waals surface area contributed by atoms with E-state index in [4.69, 9.17) is 5.11 Å². The van der Waals surface area contributed by atoms with Crippen molar-refractivity contribution in [1.29, 1.82) is 0 Å². The van der Waals surface area contributed by atoms with Gasteiger partial charge in [-0.05, 0) is 12.3 Å². The lowest BCUT2D eigenvalue weighted by Gasteiger charge is -2.10. The average molecular weight is 114 g/mol. The number of aliphatic hydroxyl groups excluding tert-OH is 1. The third-order valence-electron chi connectivity index (χ3n) is 1.40. The van der Waals surface area contributed by atoms with Gasteiger partial charge in [0.25, 0.3) is 0 Å². The summed E-state index contributed by atoms with van der Waals surface area (Å²) in [6, 6.07) is 0. The second kappa shape index (κ2) is 3.67. The van der Waals surface area contributed by atoms with Crippen LogP contribution >= 0.6 is 0 Å². The molecule has 0 heterocycles. The summed E-state index contributed by atoms with van der Waals surface area (Å²) >= 11 is 0. The highest BCUT2D eigenvalue weighted by molar-refractivity contribution is 4.79. The number of aliphatic hydroxyl groups is 1. The van der Waals surface area contributed by atoms with E-state index >= 15 is 0 Å². The maximum atomic E-state index is 9.06. The monoisotopic (exact) mass is 114 g/mol. The molecule has 0 radical (unpaired) electrons. The molecule has 0 rings (SSSR count). The van der Waals surface area contributed by atoms with Crippen molar-refractivity contribution in [2.45, 2.75) is 26.4 Å². The third-order valence-corrected chi connectivity index (χ3v) is 1.40. The lowest BCUT2D eigenvalue weighted by Crippen LogP contribution is -2.13. The first-order valence-corrected chi connectivity index (χ1v) is 3.03. The van der Waals surface area contributed by atoms with Crippen molar-refractivity contribution >= 4 is 0 Å². The van der Waals surface area contributed by atoms with Gasteiger partial charge in [0.05, 0.1) is 6.10 Å². The molecule has 1 nitrogen and oxygen atoms in total. The predicted molar refractivity (Wildman–Crippen MR) is 35.7 cm³/mol. The molecule has 0 bridgehead atoms. The van der Waals surface area contributed by atoms with E-state index < -0.39 is 0 Å². The minimum Gasteiger partial charge on any atom is -0.393 e. The summed E-state index contributed by atoms with van der Waals surface area (Å²) in [7, 11) is 0. The molecule has 0 aliphatic rings. The zero-order valence-electron chi connectivity index (χ0n) is 5.59. The summed E-state index contributed by atoms with van der Waals surface area (Å²) in [6.45, 7) is 7.49. The van der Waals surface area contributed by atoms with Crippen LogP contribution in [0.5, 0.6) is 0 Å². The Labute approximate surface area is 51.0 Å². The quantitative estimate of drug-likeness (QED) is 0.552. The Morgan fingerprint density at radius 3 is 2.38 bits per heavy atom. The van der Waals surface area contributed by atoms with Crippen LogP contribution in [0.1, 0.15) is 20.3 Å². The van der Waals surface area contributed by atoms with Crippen LogP contribution in [-0.4, -0.2) is 11.2 Å². The molecule has 0 saturated heterocycles. The molecular formula is C7H14O. The lowest BCUT2D eigenvalue weighted by atomic mass is 10.0. The van der Waals surface area contributed by atoms with Gasteiger partial charge in [0.15, 0.2) is 0 Å². The first-order chi connectivity index (χ1) is 3.72. The van der Waals surface area contributed by atoms with Crippen molar-refractivity contribution in [3.05, 3.63) is 12.7 Å². The Morgan fingerprint density at radius 2 is 2.25 bits per heavy atom. The van der Waals surface area contributed by atoms with E-state index in [2.05, 4.69) is 6.58 Å². The van der Waals surface area contributed by atoms with Gasteiger partial charge in [-0.15, -0.1) is 6.58 Å². The maximum Gasteiger partial charge on any atom is 0.0597 e. The van der Waals surface area contributed by atoms with Crippen molar-refractivity contribution in [2.24, 2.45) is 5.92 Å². The highest BCUT2D eigenvalue weighted by atomic mass is 16.3. The molecular weight excluding hydrogens is 100 g/mol. The van der Waals surface area contributed by atoms with Gasteiger partial charge in [0, 0.05) is 0 Å². The van der Waals surface area contributed by atoms with Crippen LogP contribution in [0.25, 0.3) is 0 Å². The van der Waals surface area contributed by atoms with Crippen molar-refractivity contribution in [3.8, 4) is 0 Å². The number of rotatable bonds is 3. The topological polar surface area (TPSA) is 20.2 Å². The highest BCUT2D eigenvalue weighted by Crippen LogP contribution is 2.05. The SMILES string of the molecule is C=C[C@H](C)[C@@H](O)CC. The summed E-state index contributed by atoms with van der Waals surface area (Å²) in [5.41, 5.74) is 0. The first-order valence-electron chi connectivity index (χ1n) is 3.03. The maximum absolute atomic E-state index is 9.06. The lowest BCUT2D eigenvalue weighted by molar-refractivity contribution is 0.134. The molecule has 0 aromatic carbocycles. The molecule has 0 aliphatic carbocycles. The molecule has 8 heavy (non-hydrogen) atoms. The van der Waals surface area contributed by atoms with E-state index in [1.807, 2.05) is 13.8 Å². The van der Waals surface area contributed by atoms with E-state index in [0.717, 1.165) is 6.42 Å². The largest absolute Gasteiger partial charge is 0.393 e. The fourth-order valence-corrected chi connectivity index (χ4v) is 0.529. The summed E-state index contributed by atoms with van der Waals surface area (Å²) in [5.74, 6) is 0.236. The molecule has 0 amide bonds. The number of hydrogen-bond acceptors (Lipinski definition) is 1. The van der Waals surface area contributed by atoms with Crippen LogP contribution in [-0.2, 0) is 0 Å². The third kappa shape index (κ3) is 2.12. The van der Waals surface area contributed by atoms with Gasteiger partial charge in [0.1, 0.15) is 0 Å². The van der Waals surface area contributed by atoms with Crippen molar-refractivity contribution in [1.82, 2.24) is 0 Å². The van der Waals surface area contributed by atoms with Crippen LogP contribution in [0.4, 0.5) is 0 Å². The Morgan fingerprint density at radius 1 is 1.75 bits per heavy atom. The zero-order valence-corrected chi connectivity index (χ0v) is 5.59. The first kappa shape index (κ1) is 7.70. The molecule has 1 N–H and O–H groups in total. The molecule has 48 valence electrons. The van der Waals surface area contributed by atoms with Gasteiger partial charge in [-0.25, -0.2) is 0 Å². The second-order valence-electron chi connectivity index (χ2n) is 2.07. The Balaban J connectivity index is 3.44. The van der Waals surface area contributed by atoms with Crippen LogP contribution in [0, 0.1) is 5.92 Å². The van der Waals surface area contributed by atoms with Crippen LogP contribution in [0.2, 0.25) is 0 Å². The smallest absolute Gasteiger partial charge is 0.0597 e. The van der Waals surface area contributed by atoms with E-state index in [0.29, 0.717) is 0 Å². The van der Waals surface area contributed by atoms with Gasteiger partial charge in [-0.1, -0.05) is 19.9 Å². The van der Waals surface area contributed by atoms with Crippen molar-refractivity contribution in [2.75, 3.05) is 0 Å². The van der Waals surface area contributed by atoms with E-state index in [9.17, 15) is 0 Å². The zero-order chi connectivity index (χ0) is 6.57. The molecule has 0 spiro atoms. The fourth-order valence-electron chi connectivity index (χ4n) is 0.529. The molecule has 1 heteroatoms. The Kier molecular flexibility index (Phi) is 3.53. The van der Waals surface area contributed by atoms with Gasteiger partial charge >= 0.3 is 0 Å². The van der Waals surface area contributed by atoms with E-state index in [1.165, 1.54) is 0 Å². The molecule has 2 atom stereocenters. The van der Waals surface area contributed by atoms with Crippen LogP contribution in [0.3, 0.4) is 0 Å². The van der Waals surface area contributed by atoms with E-state index in [-0.39, 0.29) is 12.0 Å². The molecule has 0 unspecified atom stereocenters. The van der Waals surface area contributed by atoms with Gasteiger partial charge in [0.2, 0.25) is 0 Å². The molecule has 0 fully saturated rings. The standard InChI is InChI=1S/C7H14O/c1-4-6(3)7(8)5-2/h4,6-8H,1,5H2,2-3H3/t6-,7-/m0/s1. The van der Waals surface area contributed by atoms with Gasteiger partial charge in [-0.2, -0.15) is 0 Å². The summed E-state index contributed by atoms with van der Waals surface area (Å²) in [6.07, 6.45) is 2.38. The van der Waals surface area contributed by atoms with Crippen LogP contribution in [0.15, 0.2) is 12.7 Å². The average Bonchev–Trinajstić information content (AvgIpc) is 1.84. The number of hydrogen-bond donors (Lipinski definition) is 1. The molecule has 0 saturated carbocycles. The second-order valence-corrected chi connectivity index (χ2v) is 2.07. The summed E-state index contributed by atoms with van der Waals surface area (Å²) in [5, 5.41) is 9.06. The van der Waals surface area contributed by atoms with Crippen LogP contribution < -0.4 is 0 Å². The summed E-state index contributed by atoms with van der Waals surface area (Å²) in [4.78, 5) is 0. The van der Waals surface area contributed by atoms with E-state index in [1.54, 1.807) is 6.08 Å². The van der Waals surface area contributed by atoms with Crippen molar-refractivity contribution in [3.63, 3.8) is 0 Å². The Hall–Kier alpha value is -0.300. The molecule has 0 aromatic rings. The normalized spacial score (nSPS) is 17.4. The summed E-state index contributed by atoms with van der Waals surface area (Å²) < 4.78 is 0. The highest BCUT2D eigenvalue weighted by Gasteiger charge is 2.05. The predicted octanol–water partition coefficient (Wildman–Crippen LogP) is 1.58. The fraction of sp³-hybridized carbons (Fsp3) is 0.714. The minimum atomic E-state index is -0.201. The van der Waals surface area contributed by atoms with Crippen molar-refractivity contribution < 1.29 is 5.11 Å². The Bertz CT molecular complexity index is 68.8. The molecule has 0 aromatic heterocycles. The molecule has 0 aliphatic heterocycles. The minimum absolute atomic E-state index is 0.201.